The number of nitrogens with zero attached hydrogens (tertiary/aromatic N) is 5. The Hall–Kier alpha value is -3.73. The lowest BCUT2D eigenvalue weighted by Gasteiger charge is -2.07. The highest BCUT2D eigenvalue weighted by Crippen LogP contribution is 2.22. The zero-order valence-corrected chi connectivity index (χ0v) is 16.4. The lowest BCUT2D eigenvalue weighted by Crippen LogP contribution is -2.04. The fourth-order valence-corrected chi connectivity index (χ4v) is 3.65. The number of rotatable bonds is 4. The van der Waals surface area contributed by atoms with Gasteiger partial charge in [0.2, 0.25) is 0 Å². The van der Waals surface area contributed by atoms with Crippen LogP contribution in [0.15, 0.2) is 77.8 Å². The van der Waals surface area contributed by atoms with E-state index in [0.29, 0.717) is 0 Å². The standard InChI is InChI=1S/C24H21N5/c1-17-26-21-14-19(12-13-22(21)28(17)2)25-15-24-27-20-10-6-7-11-23(20)29(24)16-18-8-4-3-5-9-18/h3-15H,16H2,1-2H3. The minimum absolute atomic E-state index is 0.751. The van der Waals surface area contributed by atoms with Gasteiger partial charge in [-0.3, -0.25) is 4.99 Å². The van der Waals surface area contributed by atoms with Crippen molar-refractivity contribution in [3.63, 3.8) is 0 Å². The van der Waals surface area contributed by atoms with Crippen LogP contribution in [0, 0.1) is 6.92 Å². The van der Waals surface area contributed by atoms with Crippen molar-refractivity contribution in [2.24, 2.45) is 12.0 Å². The average molecular weight is 379 g/mol. The number of para-hydroxylation sites is 2. The molecule has 0 aliphatic heterocycles. The molecule has 0 amide bonds. The Kier molecular flexibility index (Phi) is 4.21. The molecule has 5 aromatic rings. The lowest BCUT2D eigenvalue weighted by atomic mass is 10.2. The molecule has 5 rings (SSSR count). The van der Waals surface area contributed by atoms with Crippen LogP contribution < -0.4 is 0 Å². The first-order valence-electron chi connectivity index (χ1n) is 9.65. The van der Waals surface area contributed by atoms with Gasteiger partial charge in [0, 0.05) is 13.6 Å². The molecule has 0 saturated carbocycles. The first kappa shape index (κ1) is 17.4. The summed E-state index contributed by atoms with van der Waals surface area (Å²) < 4.78 is 4.29. The summed E-state index contributed by atoms with van der Waals surface area (Å²) in [6, 6.07) is 24.7. The van der Waals surface area contributed by atoms with Crippen LogP contribution in [0.4, 0.5) is 5.69 Å². The molecule has 5 heteroatoms. The number of aliphatic imine (C=N–C) groups is 1. The van der Waals surface area contributed by atoms with Gasteiger partial charge in [-0.1, -0.05) is 42.5 Å². The Morgan fingerprint density at radius 2 is 1.66 bits per heavy atom. The highest BCUT2D eigenvalue weighted by molar-refractivity contribution is 5.87. The molecule has 0 aliphatic rings. The zero-order valence-electron chi connectivity index (χ0n) is 16.4. The van der Waals surface area contributed by atoms with Gasteiger partial charge in [-0.25, -0.2) is 9.97 Å². The first-order chi connectivity index (χ1) is 14.2. The van der Waals surface area contributed by atoms with E-state index in [-0.39, 0.29) is 0 Å². The normalized spacial score (nSPS) is 11.8. The molecular formula is C24H21N5. The van der Waals surface area contributed by atoms with Crippen LogP contribution >= 0.6 is 0 Å². The maximum atomic E-state index is 4.80. The minimum Gasteiger partial charge on any atom is -0.331 e. The summed E-state index contributed by atoms with van der Waals surface area (Å²) in [5.41, 5.74) is 6.24. The van der Waals surface area contributed by atoms with Gasteiger partial charge in [0.15, 0.2) is 5.82 Å². The smallest absolute Gasteiger partial charge is 0.152 e. The van der Waals surface area contributed by atoms with E-state index < -0.39 is 0 Å². The van der Waals surface area contributed by atoms with Crippen molar-refractivity contribution in [2.75, 3.05) is 0 Å². The average Bonchev–Trinajstić information content (AvgIpc) is 3.24. The van der Waals surface area contributed by atoms with Gasteiger partial charge >= 0.3 is 0 Å². The number of aromatic nitrogens is 4. The van der Waals surface area contributed by atoms with E-state index in [1.807, 2.05) is 56.6 Å². The van der Waals surface area contributed by atoms with Crippen molar-refractivity contribution in [3.05, 3.63) is 90.0 Å². The molecule has 29 heavy (non-hydrogen) atoms. The number of benzene rings is 3. The Morgan fingerprint density at radius 1 is 0.862 bits per heavy atom. The van der Waals surface area contributed by atoms with Gasteiger partial charge < -0.3 is 9.13 Å². The van der Waals surface area contributed by atoms with Crippen LogP contribution in [0.25, 0.3) is 22.1 Å². The fraction of sp³-hybridized carbons (Fsp3) is 0.125. The van der Waals surface area contributed by atoms with Crippen LogP contribution in [0.5, 0.6) is 0 Å². The van der Waals surface area contributed by atoms with Crippen molar-refractivity contribution in [3.8, 4) is 0 Å². The Balaban J connectivity index is 1.55. The summed E-state index contributed by atoms with van der Waals surface area (Å²) in [7, 11) is 2.03. The molecule has 0 fully saturated rings. The summed E-state index contributed by atoms with van der Waals surface area (Å²) >= 11 is 0. The SMILES string of the molecule is Cc1nc2cc(N=Cc3nc4ccccc4n3Cc3ccccc3)ccc2n1C. The third-order valence-corrected chi connectivity index (χ3v) is 5.28. The second-order valence-electron chi connectivity index (χ2n) is 7.18. The monoisotopic (exact) mass is 379 g/mol. The predicted molar refractivity (Wildman–Crippen MR) is 118 cm³/mol. The summed E-state index contributed by atoms with van der Waals surface area (Å²) in [6.45, 7) is 2.76. The highest BCUT2D eigenvalue weighted by Gasteiger charge is 2.10. The van der Waals surface area contributed by atoms with E-state index in [1.165, 1.54) is 5.56 Å². The second-order valence-corrected chi connectivity index (χ2v) is 7.18. The largest absolute Gasteiger partial charge is 0.331 e. The van der Waals surface area contributed by atoms with Crippen molar-refractivity contribution < 1.29 is 0 Å². The molecule has 0 saturated heterocycles. The van der Waals surface area contributed by atoms with Crippen molar-refractivity contribution in [1.29, 1.82) is 0 Å². The van der Waals surface area contributed by atoms with Crippen molar-refractivity contribution in [2.45, 2.75) is 13.5 Å². The van der Waals surface area contributed by atoms with Gasteiger partial charge in [-0.15, -0.1) is 0 Å². The Morgan fingerprint density at radius 3 is 2.52 bits per heavy atom. The molecule has 3 aromatic carbocycles. The first-order valence-corrected chi connectivity index (χ1v) is 9.65. The summed E-state index contributed by atoms with van der Waals surface area (Å²) in [4.78, 5) is 14.1. The Labute approximate surface area is 169 Å². The molecule has 2 aromatic heterocycles. The molecule has 0 radical (unpaired) electrons. The van der Waals surface area contributed by atoms with Crippen LogP contribution in [0.1, 0.15) is 17.2 Å². The molecule has 0 N–H and O–H groups in total. The molecule has 0 aliphatic carbocycles. The maximum Gasteiger partial charge on any atom is 0.152 e. The molecule has 0 unspecified atom stereocenters. The number of hydrogen-bond acceptors (Lipinski definition) is 3. The highest BCUT2D eigenvalue weighted by atomic mass is 15.1. The zero-order chi connectivity index (χ0) is 19.8. The summed E-state index contributed by atoms with van der Waals surface area (Å²) in [6.07, 6.45) is 1.85. The van der Waals surface area contributed by atoms with Gasteiger partial charge in [0.25, 0.3) is 0 Å². The van der Waals surface area contributed by atoms with E-state index in [1.54, 1.807) is 0 Å². The van der Waals surface area contributed by atoms with E-state index in [4.69, 9.17) is 9.98 Å². The third kappa shape index (κ3) is 3.21. The van der Waals surface area contributed by atoms with Gasteiger partial charge in [0.05, 0.1) is 34.0 Å². The molecule has 142 valence electrons. The van der Waals surface area contributed by atoms with Gasteiger partial charge in [-0.2, -0.15) is 0 Å². The lowest BCUT2D eigenvalue weighted by molar-refractivity contribution is 0.817. The molecule has 0 atom stereocenters. The molecule has 0 spiro atoms. The molecule has 0 bridgehead atoms. The predicted octanol–water partition coefficient (Wildman–Crippen LogP) is 5.03. The molecule has 2 heterocycles. The number of fused-ring (bicyclic) bond motifs is 2. The van der Waals surface area contributed by atoms with Crippen LogP contribution in [0.2, 0.25) is 0 Å². The quantitative estimate of drug-likeness (QED) is 0.411. The van der Waals surface area contributed by atoms with Crippen molar-refractivity contribution in [1.82, 2.24) is 19.1 Å². The van der Waals surface area contributed by atoms with Crippen LogP contribution in [0.3, 0.4) is 0 Å². The van der Waals surface area contributed by atoms with E-state index in [2.05, 4.69) is 50.5 Å². The maximum absolute atomic E-state index is 4.80. The van der Waals surface area contributed by atoms with Gasteiger partial charge in [-0.05, 0) is 42.8 Å². The summed E-state index contributed by atoms with van der Waals surface area (Å²) in [5, 5.41) is 0. The topological polar surface area (TPSA) is 48.0 Å². The van der Waals surface area contributed by atoms with Crippen LogP contribution in [-0.2, 0) is 13.6 Å². The number of imidazole rings is 2. The molecular weight excluding hydrogens is 358 g/mol. The van der Waals surface area contributed by atoms with E-state index >= 15 is 0 Å². The van der Waals surface area contributed by atoms with E-state index in [9.17, 15) is 0 Å². The fourth-order valence-electron chi connectivity index (χ4n) is 3.65. The second kappa shape index (κ2) is 7.02. The van der Waals surface area contributed by atoms with E-state index in [0.717, 1.165) is 45.9 Å². The van der Waals surface area contributed by atoms with Crippen LogP contribution in [-0.4, -0.2) is 25.3 Å². The third-order valence-electron chi connectivity index (χ3n) is 5.28. The van der Waals surface area contributed by atoms with Gasteiger partial charge in [0.1, 0.15) is 5.82 Å². The van der Waals surface area contributed by atoms with Crippen molar-refractivity contribution >= 4 is 34.0 Å². The number of hydrogen-bond donors (Lipinski definition) is 0. The minimum atomic E-state index is 0.751. The number of aryl methyl sites for hydroxylation is 2. The summed E-state index contributed by atoms with van der Waals surface area (Å²) in [5.74, 6) is 1.83. The molecule has 5 nitrogen and oxygen atoms in total. The Bertz CT molecular complexity index is 1340.